The van der Waals surface area contributed by atoms with Gasteiger partial charge in [-0.05, 0) is 68.8 Å². The number of rotatable bonds is 11. The van der Waals surface area contributed by atoms with Gasteiger partial charge in [-0.2, -0.15) is 5.26 Å². The molecular weight excluding hydrogens is 689 g/mol. The van der Waals surface area contributed by atoms with E-state index >= 15 is 0 Å². The first-order valence-electron chi connectivity index (χ1n) is 17.5. The highest BCUT2D eigenvalue weighted by atomic mass is 19.1. The molecule has 15 heteroatoms. The molecule has 3 saturated heterocycles. The number of benzene rings is 2. The summed E-state index contributed by atoms with van der Waals surface area (Å²) >= 11 is 0. The Balaban J connectivity index is 1.01. The zero-order valence-electron chi connectivity index (χ0n) is 28.8. The summed E-state index contributed by atoms with van der Waals surface area (Å²) in [7, 11) is 0. The van der Waals surface area contributed by atoms with Crippen LogP contribution in [0.1, 0.15) is 58.2 Å². The number of esters is 1. The zero-order chi connectivity index (χ0) is 37.2. The fourth-order valence-corrected chi connectivity index (χ4v) is 6.86. The molecule has 4 N–H and O–H groups in total. The second-order valence-electron chi connectivity index (χ2n) is 13.6. The molecule has 5 heterocycles. The molecule has 4 aromatic rings. The molecule has 2 aromatic carbocycles. The SMILES string of the molecule is C=C(O)[C@H]1O[C@@H](OC(=O)c2ccc3nc(CN4CCC(c5cccc(OCc6ccc(C#N)cc6F)n5)CC4)n(C[C@@H]4CCO4)c3c2)[C@H](O)[C@@H](O)[C@@H]1O. The van der Waals surface area contributed by atoms with Gasteiger partial charge >= 0.3 is 5.97 Å². The maximum atomic E-state index is 14.3. The highest BCUT2D eigenvalue weighted by molar-refractivity contribution is 5.94. The molecular formula is C38H40FN5O9. The number of aliphatic hydroxyl groups excluding tert-OH is 4. The van der Waals surface area contributed by atoms with Crippen molar-refractivity contribution in [1.82, 2.24) is 19.4 Å². The number of carbonyl (C=O) groups is 1. The van der Waals surface area contributed by atoms with Crippen LogP contribution in [0, 0.1) is 17.1 Å². The average Bonchev–Trinajstić information content (AvgIpc) is 3.48. The molecule has 0 saturated carbocycles. The van der Waals surface area contributed by atoms with Crippen LogP contribution < -0.4 is 4.74 Å². The van der Waals surface area contributed by atoms with E-state index < -0.39 is 48.3 Å². The first kappa shape index (κ1) is 36.4. The van der Waals surface area contributed by atoms with E-state index in [-0.39, 0.29) is 29.8 Å². The lowest BCUT2D eigenvalue weighted by Crippen LogP contribution is -2.58. The van der Waals surface area contributed by atoms with Crippen molar-refractivity contribution in [3.63, 3.8) is 0 Å². The first-order valence-corrected chi connectivity index (χ1v) is 17.5. The molecule has 0 unspecified atom stereocenters. The van der Waals surface area contributed by atoms with Gasteiger partial charge in [0.2, 0.25) is 12.2 Å². The molecule has 53 heavy (non-hydrogen) atoms. The quantitative estimate of drug-likeness (QED) is 0.130. The van der Waals surface area contributed by atoms with Crippen LogP contribution in [0.3, 0.4) is 0 Å². The number of nitriles is 1. The van der Waals surface area contributed by atoms with Crippen LogP contribution in [-0.4, -0.2) is 102 Å². The van der Waals surface area contributed by atoms with Crippen LogP contribution in [-0.2, 0) is 33.9 Å². The van der Waals surface area contributed by atoms with Gasteiger partial charge in [-0.1, -0.05) is 18.7 Å². The Morgan fingerprint density at radius 2 is 1.83 bits per heavy atom. The maximum Gasteiger partial charge on any atom is 0.340 e. The number of nitrogens with zero attached hydrogens (tertiary/aromatic N) is 5. The van der Waals surface area contributed by atoms with Gasteiger partial charge in [-0.15, -0.1) is 0 Å². The molecule has 3 aliphatic heterocycles. The number of hydrogen-bond acceptors (Lipinski definition) is 13. The molecule has 14 nitrogen and oxygen atoms in total. The number of pyridine rings is 1. The van der Waals surface area contributed by atoms with E-state index in [1.165, 1.54) is 6.07 Å². The van der Waals surface area contributed by atoms with E-state index in [4.69, 9.17) is 34.2 Å². The van der Waals surface area contributed by atoms with Crippen molar-refractivity contribution in [3.8, 4) is 11.9 Å². The van der Waals surface area contributed by atoms with Crippen molar-refractivity contribution in [2.24, 2.45) is 0 Å². The molecule has 0 aliphatic carbocycles. The minimum atomic E-state index is -1.76. The van der Waals surface area contributed by atoms with Crippen molar-refractivity contribution < 1.29 is 48.6 Å². The summed E-state index contributed by atoms with van der Waals surface area (Å²) in [6, 6.07) is 16.7. The number of aromatic nitrogens is 3. The molecule has 3 fully saturated rings. The second kappa shape index (κ2) is 15.6. The number of aliphatic hydroxyl groups is 4. The van der Waals surface area contributed by atoms with Crippen molar-refractivity contribution >= 4 is 17.0 Å². The lowest BCUT2D eigenvalue weighted by molar-refractivity contribution is -0.276. The fraction of sp³-hybridized carbons (Fsp3) is 0.421. The van der Waals surface area contributed by atoms with Crippen LogP contribution in [0.4, 0.5) is 4.39 Å². The first-order chi connectivity index (χ1) is 25.6. The lowest BCUT2D eigenvalue weighted by Gasteiger charge is -2.39. The van der Waals surface area contributed by atoms with Gasteiger partial charge in [-0.25, -0.2) is 19.2 Å². The third-order valence-electron chi connectivity index (χ3n) is 10.0. The van der Waals surface area contributed by atoms with E-state index in [1.54, 1.807) is 36.4 Å². The Bertz CT molecular complexity index is 2020. The van der Waals surface area contributed by atoms with E-state index in [0.29, 0.717) is 42.2 Å². The molecule has 7 rings (SSSR count). The summed E-state index contributed by atoms with van der Waals surface area (Å²) in [5.41, 5.74) is 3.02. The molecule has 3 aliphatic rings. The normalized spacial score (nSPS) is 25.0. The van der Waals surface area contributed by atoms with E-state index in [1.807, 2.05) is 18.2 Å². The van der Waals surface area contributed by atoms with Gasteiger partial charge in [0.1, 0.15) is 48.4 Å². The van der Waals surface area contributed by atoms with Crippen LogP contribution in [0.5, 0.6) is 5.88 Å². The highest BCUT2D eigenvalue weighted by Gasteiger charge is 2.47. The van der Waals surface area contributed by atoms with Crippen LogP contribution in [0.2, 0.25) is 0 Å². The number of imidazole rings is 1. The summed E-state index contributed by atoms with van der Waals surface area (Å²) in [5.74, 6) is -0.500. The maximum absolute atomic E-state index is 14.3. The van der Waals surface area contributed by atoms with Crippen molar-refractivity contribution in [2.75, 3.05) is 19.7 Å². The average molecular weight is 730 g/mol. The largest absolute Gasteiger partial charge is 0.510 e. The number of halogens is 1. The summed E-state index contributed by atoms with van der Waals surface area (Å²) in [5, 5.41) is 49.5. The smallest absolute Gasteiger partial charge is 0.340 e. The molecule has 0 spiro atoms. The minimum Gasteiger partial charge on any atom is -0.510 e. The molecule has 2 aromatic heterocycles. The van der Waals surface area contributed by atoms with Gasteiger partial charge in [0.05, 0.1) is 47.4 Å². The van der Waals surface area contributed by atoms with Crippen LogP contribution in [0.15, 0.2) is 66.9 Å². The van der Waals surface area contributed by atoms with E-state index in [9.17, 15) is 29.6 Å². The predicted molar refractivity (Wildman–Crippen MR) is 185 cm³/mol. The van der Waals surface area contributed by atoms with Crippen molar-refractivity contribution in [2.45, 2.75) is 81.7 Å². The Morgan fingerprint density at radius 1 is 1.04 bits per heavy atom. The Kier molecular flexibility index (Phi) is 10.7. The van der Waals surface area contributed by atoms with E-state index in [2.05, 4.69) is 16.0 Å². The van der Waals surface area contributed by atoms with Crippen molar-refractivity contribution in [3.05, 3.63) is 101 Å². The number of ether oxygens (including phenoxy) is 4. The monoisotopic (exact) mass is 729 g/mol. The Labute approximate surface area is 304 Å². The molecule has 0 amide bonds. The van der Waals surface area contributed by atoms with Gasteiger partial charge < -0.3 is 43.9 Å². The number of hydrogen-bond donors (Lipinski definition) is 4. The number of carbonyl (C=O) groups excluding carboxylic acids is 1. The number of fused-ring (bicyclic) bond motifs is 1. The van der Waals surface area contributed by atoms with Crippen molar-refractivity contribution in [1.29, 1.82) is 5.26 Å². The Hall–Kier alpha value is -4.95. The zero-order valence-corrected chi connectivity index (χ0v) is 28.8. The minimum absolute atomic E-state index is 0.00321. The summed E-state index contributed by atoms with van der Waals surface area (Å²) in [4.78, 5) is 25.2. The topological polar surface area (TPSA) is 193 Å². The molecule has 278 valence electrons. The van der Waals surface area contributed by atoms with Crippen LogP contribution >= 0.6 is 0 Å². The summed E-state index contributed by atoms with van der Waals surface area (Å²) < 4.78 is 38.7. The summed E-state index contributed by atoms with van der Waals surface area (Å²) in [6.45, 7) is 6.68. The molecule has 6 atom stereocenters. The van der Waals surface area contributed by atoms with Crippen LogP contribution in [0.25, 0.3) is 11.0 Å². The Morgan fingerprint density at radius 3 is 2.53 bits per heavy atom. The second-order valence-corrected chi connectivity index (χ2v) is 13.6. The third-order valence-corrected chi connectivity index (χ3v) is 10.0. The standard InChI is InChI=1S/C38H40FN5O9/c1-21(45)36-34(47)33(46)35(48)38(52-36)53-37(49)24-7-8-29-30(16-24)44(18-26-11-14-50-26)31(41-29)19-43-12-9-23(10-13-43)28-3-2-4-32(42-28)51-20-25-6-5-22(17-40)15-27(25)39/h2-8,15-16,23,26,33-36,38,45-48H,1,9-14,18-20H2/t26-,33-,34-,35+,36+,38-/m0/s1. The van der Waals surface area contributed by atoms with Gasteiger partial charge in [-0.3, -0.25) is 4.90 Å². The van der Waals surface area contributed by atoms with Gasteiger partial charge in [0.15, 0.2) is 0 Å². The number of likely N-dealkylation sites (tertiary alicyclic amines) is 1. The molecule has 0 bridgehead atoms. The fourth-order valence-electron chi connectivity index (χ4n) is 6.86. The highest BCUT2D eigenvalue weighted by Crippen LogP contribution is 2.31. The number of piperidine rings is 1. The summed E-state index contributed by atoms with van der Waals surface area (Å²) in [6.07, 6.45) is -5.69. The third kappa shape index (κ3) is 7.88. The van der Waals surface area contributed by atoms with E-state index in [0.717, 1.165) is 43.9 Å². The van der Waals surface area contributed by atoms with Gasteiger partial charge in [0, 0.05) is 29.8 Å². The molecule has 0 radical (unpaired) electrons. The lowest BCUT2D eigenvalue weighted by atomic mass is 9.93. The predicted octanol–water partition coefficient (Wildman–Crippen LogP) is 3.23. The van der Waals surface area contributed by atoms with Gasteiger partial charge in [0.25, 0.3) is 0 Å².